The third-order valence-electron chi connectivity index (χ3n) is 2.68. The van der Waals surface area contributed by atoms with Gasteiger partial charge in [0.1, 0.15) is 12.4 Å². The molecular weight excluding hydrogens is 397 g/mol. The van der Waals surface area contributed by atoms with Gasteiger partial charge < -0.3 is 15.2 Å². The number of halogens is 1. The van der Waals surface area contributed by atoms with Crippen molar-refractivity contribution in [1.82, 2.24) is 20.2 Å². The van der Waals surface area contributed by atoms with Crippen LogP contribution in [0.1, 0.15) is 26.6 Å². The van der Waals surface area contributed by atoms with Gasteiger partial charge in [-0.1, -0.05) is 13.8 Å². The van der Waals surface area contributed by atoms with E-state index >= 15 is 0 Å². The molecule has 21 heavy (non-hydrogen) atoms. The van der Waals surface area contributed by atoms with Crippen LogP contribution in [0, 0.1) is 5.92 Å². The second-order valence-corrected chi connectivity index (χ2v) is 5.99. The Hall–Kier alpha value is -0.440. The van der Waals surface area contributed by atoms with Crippen LogP contribution in [0.25, 0.3) is 0 Å². The van der Waals surface area contributed by atoms with Gasteiger partial charge in [-0.25, -0.2) is 9.98 Å². The van der Waals surface area contributed by atoms with Gasteiger partial charge >= 0.3 is 0 Å². The largest absolute Gasteiger partial charge is 0.357 e. The fourth-order valence-corrected chi connectivity index (χ4v) is 2.12. The molecule has 7 heteroatoms. The van der Waals surface area contributed by atoms with Gasteiger partial charge in [-0.05, 0) is 19.1 Å². The minimum atomic E-state index is 0. The Labute approximate surface area is 149 Å². The van der Waals surface area contributed by atoms with Gasteiger partial charge in [-0.3, -0.25) is 0 Å². The number of hydrogen-bond donors (Lipinski definition) is 2. The number of aliphatic imine (C=N–C) groups is 1. The van der Waals surface area contributed by atoms with E-state index in [1.54, 1.807) is 0 Å². The van der Waals surface area contributed by atoms with Crippen LogP contribution in [0.2, 0.25) is 0 Å². The van der Waals surface area contributed by atoms with Crippen LogP contribution in [-0.2, 0) is 13.1 Å². The molecule has 0 aliphatic heterocycles. The lowest BCUT2D eigenvalue weighted by atomic mass is 10.2. The number of nitrogens with zero attached hydrogens (tertiary/aromatic N) is 3. The predicted octanol–water partition coefficient (Wildman–Crippen LogP) is 2.58. The Morgan fingerprint density at radius 3 is 2.81 bits per heavy atom. The number of hydrogen-bond acceptors (Lipinski definition) is 3. The molecule has 0 saturated heterocycles. The monoisotopic (exact) mass is 425 g/mol. The van der Waals surface area contributed by atoms with Gasteiger partial charge in [-0.15, -0.1) is 24.0 Å². The van der Waals surface area contributed by atoms with Crippen molar-refractivity contribution in [1.29, 1.82) is 0 Å². The molecule has 1 aromatic rings. The Kier molecular flexibility index (Phi) is 11.9. The smallest absolute Gasteiger partial charge is 0.191 e. The lowest BCUT2D eigenvalue weighted by Gasteiger charge is -2.12. The van der Waals surface area contributed by atoms with Crippen LogP contribution in [0.15, 0.2) is 17.4 Å². The first-order valence-electron chi connectivity index (χ1n) is 7.18. The van der Waals surface area contributed by atoms with Crippen LogP contribution in [0.3, 0.4) is 0 Å². The van der Waals surface area contributed by atoms with Crippen LogP contribution in [-0.4, -0.2) is 40.6 Å². The normalized spacial score (nSPS) is 11.4. The van der Waals surface area contributed by atoms with Crippen molar-refractivity contribution in [2.24, 2.45) is 10.9 Å². The Balaban J connectivity index is 0.00000400. The summed E-state index contributed by atoms with van der Waals surface area (Å²) in [5.74, 6) is 3.56. The molecule has 0 saturated carbocycles. The zero-order chi connectivity index (χ0) is 14.8. The van der Waals surface area contributed by atoms with Gasteiger partial charge in [0.2, 0.25) is 0 Å². The molecule has 2 N–H and O–H groups in total. The van der Waals surface area contributed by atoms with Crippen LogP contribution in [0.5, 0.6) is 0 Å². The first kappa shape index (κ1) is 20.6. The molecule has 0 spiro atoms. The molecule has 0 radical (unpaired) electrons. The highest BCUT2D eigenvalue weighted by atomic mass is 127. The molecule has 1 heterocycles. The van der Waals surface area contributed by atoms with Crippen molar-refractivity contribution >= 4 is 41.7 Å². The van der Waals surface area contributed by atoms with Crippen LogP contribution >= 0.6 is 35.7 Å². The summed E-state index contributed by atoms with van der Waals surface area (Å²) in [6.07, 6.45) is 5.98. The number of imidazole rings is 1. The molecule has 1 aromatic heterocycles. The van der Waals surface area contributed by atoms with Gasteiger partial charge in [0, 0.05) is 37.8 Å². The van der Waals surface area contributed by atoms with E-state index in [4.69, 9.17) is 0 Å². The topological polar surface area (TPSA) is 54.2 Å². The van der Waals surface area contributed by atoms with Crippen LogP contribution in [0.4, 0.5) is 0 Å². The maximum absolute atomic E-state index is 4.60. The summed E-state index contributed by atoms with van der Waals surface area (Å²) in [5, 5.41) is 6.58. The lowest BCUT2D eigenvalue weighted by molar-refractivity contribution is 0.507. The SMILES string of the molecule is CCNC(=NCc1nccn1CC(C)C)NCCSC.I. The third kappa shape index (κ3) is 8.55. The summed E-state index contributed by atoms with van der Waals surface area (Å²) in [4.78, 5) is 8.99. The van der Waals surface area contributed by atoms with Gasteiger partial charge in [0.25, 0.3) is 0 Å². The fraction of sp³-hybridized carbons (Fsp3) is 0.714. The van der Waals surface area contributed by atoms with Crippen molar-refractivity contribution in [2.45, 2.75) is 33.9 Å². The average Bonchev–Trinajstić information content (AvgIpc) is 2.82. The molecule has 1 rings (SSSR count). The maximum Gasteiger partial charge on any atom is 0.191 e. The van der Waals surface area contributed by atoms with Crippen molar-refractivity contribution < 1.29 is 0 Å². The highest BCUT2D eigenvalue weighted by molar-refractivity contribution is 14.0. The number of guanidine groups is 1. The first-order valence-corrected chi connectivity index (χ1v) is 8.57. The summed E-state index contributed by atoms with van der Waals surface area (Å²) >= 11 is 1.83. The Morgan fingerprint density at radius 2 is 2.19 bits per heavy atom. The van der Waals surface area contributed by atoms with E-state index in [0.717, 1.165) is 37.2 Å². The molecule has 0 bridgehead atoms. The predicted molar refractivity (Wildman–Crippen MR) is 104 cm³/mol. The fourth-order valence-electron chi connectivity index (χ4n) is 1.81. The molecule has 0 aliphatic carbocycles. The molecular formula is C14H28IN5S. The zero-order valence-electron chi connectivity index (χ0n) is 13.4. The average molecular weight is 425 g/mol. The molecule has 0 atom stereocenters. The summed E-state index contributed by atoms with van der Waals surface area (Å²) in [7, 11) is 0. The standard InChI is InChI=1S/C14H27N5S.HI/c1-5-15-14(17-7-9-20-4)18-10-13-16-6-8-19(13)11-12(2)3;/h6,8,12H,5,7,9-11H2,1-4H3,(H2,15,17,18);1H. The summed E-state index contributed by atoms with van der Waals surface area (Å²) in [6.45, 7) is 9.88. The van der Waals surface area contributed by atoms with E-state index in [0.29, 0.717) is 12.5 Å². The summed E-state index contributed by atoms with van der Waals surface area (Å²) < 4.78 is 2.18. The second kappa shape index (κ2) is 12.1. The van der Waals surface area contributed by atoms with E-state index in [2.05, 4.69) is 52.2 Å². The van der Waals surface area contributed by atoms with Crippen molar-refractivity contribution in [3.63, 3.8) is 0 Å². The Bertz CT molecular complexity index is 406. The Morgan fingerprint density at radius 1 is 1.43 bits per heavy atom. The molecule has 5 nitrogen and oxygen atoms in total. The van der Waals surface area contributed by atoms with Gasteiger partial charge in [0.15, 0.2) is 5.96 Å². The number of nitrogens with one attached hydrogen (secondary N) is 2. The van der Waals surface area contributed by atoms with E-state index in [-0.39, 0.29) is 24.0 Å². The van der Waals surface area contributed by atoms with E-state index in [1.165, 1.54) is 0 Å². The number of thioether (sulfide) groups is 1. The molecule has 0 fully saturated rings. The van der Waals surface area contributed by atoms with Crippen molar-refractivity contribution in [2.75, 3.05) is 25.1 Å². The molecule has 0 aliphatic rings. The number of aromatic nitrogens is 2. The van der Waals surface area contributed by atoms with Gasteiger partial charge in [-0.2, -0.15) is 11.8 Å². The second-order valence-electron chi connectivity index (χ2n) is 5.00. The van der Waals surface area contributed by atoms with E-state index in [1.807, 2.05) is 24.2 Å². The first-order chi connectivity index (χ1) is 9.67. The van der Waals surface area contributed by atoms with Crippen molar-refractivity contribution in [3.05, 3.63) is 18.2 Å². The lowest BCUT2D eigenvalue weighted by Crippen LogP contribution is -2.38. The zero-order valence-corrected chi connectivity index (χ0v) is 16.6. The molecule has 0 unspecified atom stereocenters. The molecule has 0 aromatic carbocycles. The quantitative estimate of drug-likeness (QED) is 0.291. The highest BCUT2D eigenvalue weighted by Crippen LogP contribution is 2.04. The van der Waals surface area contributed by atoms with Crippen LogP contribution < -0.4 is 10.6 Å². The van der Waals surface area contributed by atoms with E-state index in [9.17, 15) is 0 Å². The molecule has 0 amide bonds. The molecule has 122 valence electrons. The highest BCUT2D eigenvalue weighted by Gasteiger charge is 2.04. The van der Waals surface area contributed by atoms with E-state index < -0.39 is 0 Å². The maximum atomic E-state index is 4.60. The summed E-state index contributed by atoms with van der Waals surface area (Å²) in [6, 6.07) is 0. The van der Waals surface area contributed by atoms with Gasteiger partial charge in [0.05, 0.1) is 0 Å². The minimum absolute atomic E-state index is 0. The summed E-state index contributed by atoms with van der Waals surface area (Å²) in [5.41, 5.74) is 0. The third-order valence-corrected chi connectivity index (χ3v) is 3.30. The minimum Gasteiger partial charge on any atom is -0.357 e. The van der Waals surface area contributed by atoms with Crippen molar-refractivity contribution in [3.8, 4) is 0 Å². The number of rotatable bonds is 8.